The average molecular weight is 430 g/mol. The molecule has 4 rings (SSSR count). The second-order valence-corrected chi connectivity index (χ2v) is 8.74. The van der Waals surface area contributed by atoms with E-state index >= 15 is 0 Å². The van der Waals surface area contributed by atoms with Gasteiger partial charge in [-0.25, -0.2) is 4.98 Å². The molecule has 1 aliphatic heterocycles. The number of benzene rings is 1. The molecule has 29 heavy (non-hydrogen) atoms. The second-order valence-electron chi connectivity index (χ2n) is 7.38. The number of oxazole rings is 1. The van der Waals surface area contributed by atoms with E-state index in [4.69, 9.17) is 16.0 Å². The van der Waals surface area contributed by atoms with Crippen LogP contribution in [0, 0.1) is 12.8 Å². The van der Waals surface area contributed by atoms with Crippen LogP contribution >= 0.6 is 22.9 Å². The topological polar surface area (TPSA) is 58.4 Å². The van der Waals surface area contributed by atoms with Gasteiger partial charge in [-0.1, -0.05) is 35.9 Å². The largest absolute Gasteiger partial charge is 0.440 e. The highest BCUT2D eigenvalue weighted by molar-refractivity contribution is 7.13. The van der Waals surface area contributed by atoms with Gasteiger partial charge in [-0.05, 0) is 49.4 Å². The van der Waals surface area contributed by atoms with Crippen LogP contribution in [0.15, 0.2) is 46.2 Å². The molecule has 0 saturated carbocycles. The van der Waals surface area contributed by atoms with Crippen molar-refractivity contribution in [3.63, 3.8) is 0 Å². The van der Waals surface area contributed by atoms with Crippen LogP contribution in [-0.4, -0.2) is 28.9 Å². The van der Waals surface area contributed by atoms with Crippen molar-refractivity contribution >= 4 is 28.8 Å². The minimum Gasteiger partial charge on any atom is -0.440 e. The Hall–Kier alpha value is -2.15. The maximum atomic E-state index is 12.7. The van der Waals surface area contributed by atoms with Crippen molar-refractivity contribution < 1.29 is 9.21 Å². The van der Waals surface area contributed by atoms with Gasteiger partial charge in [0.15, 0.2) is 0 Å². The minimum absolute atomic E-state index is 0.0183. The third-order valence-corrected chi connectivity index (χ3v) is 6.51. The molecule has 2 aromatic heterocycles. The predicted octanol–water partition coefficient (Wildman–Crippen LogP) is 4.89. The number of likely N-dealkylation sites (tertiary alicyclic amines) is 1. The van der Waals surface area contributed by atoms with E-state index in [9.17, 15) is 4.79 Å². The number of aryl methyl sites for hydroxylation is 1. The van der Waals surface area contributed by atoms with Crippen molar-refractivity contribution in [2.45, 2.75) is 32.9 Å². The second kappa shape index (κ2) is 9.11. The van der Waals surface area contributed by atoms with Crippen molar-refractivity contribution in [3.05, 3.63) is 63.8 Å². The molecule has 1 unspecified atom stereocenters. The number of nitrogens with zero attached hydrogens (tertiary/aromatic N) is 2. The van der Waals surface area contributed by atoms with Crippen molar-refractivity contribution in [1.29, 1.82) is 0 Å². The quantitative estimate of drug-likeness (QED) is 0.605. The number of aromatic nitrogens is 1. The SMILES string of the molecule is Cc1oc(-c2cccs2)nc1CN1CCCC(C(=O)NCc2ccccc2Cl)C1. The Labute approximate surface area is 179 Å². The summed E-state index contributed by atoms with van der Waals surface area (Å²) in [6.07, 6.45) is 1.90. The van der Waals surface area contributed by atoms with E-state index in [1.54, 1.807) is 11.3 Å². The smallest absolute Gasteiger partial charge is 0.236 e. The van der Waals surface area contributed by atoms with E-state index in [1.807, 2.05) is 48.7 Å². The number of nitrogens with one attached hydrogen (secondary N) is 1. The Morgan fingerprint density at radius 1 is 1.34 bits per heavy atom. The highest BCUT2D eigenvalue weighted by atomic mass is 35.5. The standard InChI is InChI=1S/C22H24ClN3O2S/c1-15-19(25-22(28-15)20-9-5-11-29-20)14-26-10-4-7-17(13-26)21(27)24-12-16-6-2-3-8-18(16)23/h2-3,5-6,8-9,11,17H,4,7,10,12-14H2,1H3,(H,24,27). The summed E-state index contributed by atoms with van der Waals surface area (Å²) in [5.41, 5.74) is 1.89. The van der Waals surface area contributed by atoms with Gasteiger partial charge in [-0.2, -0.15) is 0 Å². The van der Waals surface area contributed by atoms with E-state index < -0.39 is 0 Å². The molecule has 0 bridgehead atoms. The van der Waals surface area contributed by atoms with Gasteiger partial charge in [0, 0.05) is 24.7 Å². The molecule has 5 nitrogen and oxygen atoms in total. The lowest BCUT2D eigenvalue weighted by Crippen LogP contribution is -2.42. The predicted molar refractivity (Wildman–Crippen MR) is 116 cm³/mol. The number of hydrogen-bond acceptors (Lipinski definition) is 5. The average Bonchev–Trinajstić information content (AvgIpc) is 3.38. The summed E-state index contributed by atoms with van der Waals surface area (Å²) < 4.78 is 5.85. The number of rotatable bonds is 6. The lowest BCUT2D eigenvalue weighted by molar-refractivity contribution is -0.126. The maximum absolute atomic E-state index is 12.7. The molecule has 1 N–H and O–H groups in total. The monoisotopic (exact) mass is 429 g/mol. The first-order valence-corrected chi connectivity index (χ1v) is 11.1. The highest BCUT2D eigenvalue weighted by Gasteiger charge is 2.27. The van der Waals surface area contributed by atoms with Gasteiger partial charge >= 0.3 is 0 Å². The molecule has 7 heteroatoms. The van der Waals surface area contributed by atoms with Crippen molar-refractivity contribution in [1.82, 2.24) is 15.2 Å². The molecule has 0 radical (unpaired) electrons. The molecule has 1 saturated heterocycles. The van der Waals surface area contributed by atoms with Gasteiger partial charge in [0.2, 0.25) is 11.8 Å². The molecule has 1 atom stereocenters. The number of amides is 1. The summed E-state index contributed by atoms with van der Waals surface area (Å²) in [6, 6.07) is 11.6. The first kappa shape index (κ1) is 20.1. The van der Waals surface area contributed by atoms with E-state index in [2.05, 4.69) is 15.2 Å². The van der Waals surface area contributed by atoms with Gasteiger partial charge < -0.3 is 9.73 Å². The van der Waals surface area contributed by atoms with E-state index in [0.29, 0.717) is 24.0 Å². The minimum atomic E-state index is -0.0183. The molecule has 1 aliphatic rings. The molecule has 3 aromatic rings. The van der Waals surface area contributed by atoms with Crippen molar-refractivity contribution in [2.75, 3.05) is 13.1 Å². The lowest BCUT2D eigenvalue weighted by atomic mass is 9.97. The van der Waals surface area contributed by atoms with Crippen LogP contribution in [0.4, 0.5) is 0 Å². The van der Waals surface area contributed by atoms with Crippen molar-refractivity contribution in [2.24, 2.45) is 5.92 Å². The van der Waals surface area contributed by atoms with Gasteiger partial charge in [-0.15, -0.1) is 11.3 Å². The van der Waals surface area contributed by atoms with E-state index in [-0.39, 0.29) is 11.8 Å². The zero-order chi connectivity index (χ0) is 20.2. The summed E-state index contributed by atoms with van der Waals surface area (Å²) in [6.45, 7) is 4.82. The van der Waals surface area contributed by atoms with Crippen molar-refractivity contribution in [3.8, 4) is 10.8 Å². The van der Waals surface area contributed by atoms with Crippen LogP contribution in [0.2, 0.25) is 5.02 Å². The third kappa shape index (κ3) is 4.89. The van der Waals surface area contributed by atoms with Crippen LogP contribution in [0.1, 0.15) is 29.9 Å². The number of halogens is 1. The molecule has 0 spiro atoms. The maximum Gasteiger partial charge on any atom is 0.236 e. The van der Waals surface area contributed by atoms with Gasteiger partial charge in [0.1, 0.15) is 5.76 Å². The number of carbonyl (C=O) groups is 1. The van der Waals surface area contributed by atoms with E-state index in [1.165, 1.54) is 0 Å². The van der Waals surface area contributed by atoms with E-state index in [0.717, 1.165) is 47.8 Å². The summed E-state index contributed by atoms with van der Waals surface area (Å²) in [5.74, 6) is 1.60. The van der Waals surface area contributed by atoms with Crippen LogP contribution in [0.25, 0.3) is 10.8 Å². The fourth-order valence-electron chi connectivity index (χ4n) is 3.67. The lowest BCUT2D eigenvalue weighted by Gasteiger charge is -2.31. The number of hydrogen-bond donors (Lipinski definition) is 1. The molecular weight excluding hydrogens is 406 g/mol. The molecule has 0 aliphatic carbocycles. The summed E-state index contributed by atoms with van der Waals surface area (Å²) >= 11 is 7.81. The number of carbonyl (C=O) groups excluding carboxylic acids is 1. The first-order valence-electron chi connectivity index (χ1n) is 9.84. The Kier molecular flexibility index (Phi) is 6.33. The van der Waals surface area contributed by atoms with Gasteiger partial charge in [0.05, 0.1) is 16.5 Å². The molecule has 3 heterocycles. The Balaban J connectivity index is 1.35. The first-order chi connectivity index (χ1) is 14.1. The van der Waals surface area contributed by atoms with Gasteiger partial charge in [0.25, 0.3) is 0 Å². The molecule has 1 amide bonds. The fraction of sp³-hybridized carbons (Fsp3) is 0.364. The summed E-state index contributed by atoms with van der Waals surface area (Å²) in [7, 11) is 0. The zero-order valence-electron chi connectivity index (χ0n) is 16.4. The van der Waals surface area contributed by atoms with Crippen LogP contribution in [-0.2, 0) is 17.9 Å². The summed E-state index contributed by atoms with van der Waals surface area (Å²) in [4.78, 5) is 20.7. The Morgan fingerprint density at radius 3 is 3.00 bits per heavy atom. The zero-order valence-corrected chi connectivity index (χ0v) is 17.9. The van der Waals surface area contributed by atoms with Crippen LogP contribution < -0.4 is 5.32 Å². The normalized spacial score (nSPS) is 17.4. The molecule has 1 fully saturated rings. The fourth-order valence-corrected chi connectivity index (χ4v) is 4.53. The Morgan fingerprint density at radius 2 is 2.21 bits per heavy atom. The molecule has 152 valence electrons. The third-order valence-electron chi connectivity index (χ3n) is 5.29. The molecular formula is C22H24ClN3O2S. The Bertz CT molecular complexity index is 970. The highest BCUT2D eigenvalue weighted by Crippen LogP contribution is 2.27. The molecule has 1 aromatic carbocycles. The number of piperidine rings is 1. The number of thiophene rings is 1. The van der Waals surface area contributed by atoms with Crippen LogP contribution in [0.3, 0.4) is 0 Å². The summed E-state index contributed by atoms with van der Waals surface area (Å²) in [5, 5.41) is 5.75. The van der Waals surface area contributed by atoms with Crippen LogP contribution in [0.5, 0.6) is 0 Å². The van der Waals surface area contributed by atoms with Gasteiger partial charge in [-0.3, -0.25) is 9.69 Å².